The summed E-state index contributed by atoms with van der Waals surface area (Å²) >= 11 is 6.28. The fraction of sp³-hybridized carbons (Fsp3) is 0.357. The van der Waals surface area contributed by atoms with Crippen LogP contribution in [0.5, 0.6) is 0 Å². The van der Waals surface area contributed by atoms with Crippen molar-refractivity contribution >= 4 is 46.7 Å². The minimum absolute atomic E-state index is 0.0896. The molecule has 9 nitrogen and oxygen atoms in total. The predicted molar refractivity (Wildman–Crippen MR) is 145 cm³/mol. The quantitative estimate of drug-likeness (QED) is 0.422. The van der Waals surface area contributed by atoms with Crippen LogP contribution in [0.2, 0.25) is 0 Å². The van der Waals surface area contributed by atoms with E-state index in [9.17, 15) is 19.2 Å². The highest BCUT2D eigenvalue weighted by Gasteiger charge is 2.39. The van der Waals surface area contributed by atoms with Crippen molar-refractivity contribution in [2.45, 2.75) is 38.8 Å². The third kappa shape index (κ3) is 5.74. The first-order valence-corrected chi connectivity index (χ1v) is 12.9. The average Bonchev–Trinajstić information content (AvgIpc) is 3.11. The highest BCUT2D eigenvalue weighted by Crippen LogP contribution is 2.31. The van der Waals surface area contributed by atoms with Crippen molar-refractivity contribution in [2.24, 2.45) is 0 Å². The summed E-state index contributed by atoms with van der Waals surface area (Å²) in [6, 6.07) is 12.9. The van der Waals surface area contributed by atoms with E-state index in [1.54, 1.807) is 43.0 Å². The fourth-order valence-electron chi connectivity index (χ4n) is 4.50. The molecule has 0 aliphatic carbocycles. The van der Waals surface area contributed by atoms with Crippen molar-refractivity contribution in [2.75, 3.05) is 37.4 Å². The SMILES string of the molecule is CC(C)OC(=O)c1ccc(N2C(=O)C(Cl)=C(Nc3cccc(C(=O)N(C)C4CCN(C)CC4)c3)C2=O)cc1. The zero-order valence-corrected chi connectivity index (χ0v) is 22.6. The van der Waals surface area contributed by atoms with Crippen LogP contribution in [0.3, 0.4) is 0 Å². The molecule has 3 amide bonds. The molecule has 4 rings (SSSR count). The standard InChI is InChI=1S/C28H31ClN4O5/c1-17(2)38-28(37)18-8-10-22(11-9-18)33-26(35)23(29)24(27(33)36)30-20-7-5-6-19(16-20)25(34)32(4)21-12-14-31(3)15-13-21/h5-11,16-17,21,30H,12-15H2,1-4H3. The largest absolute Gasteiger partial charge is 0.459 e. The van der Waals surface area contributed by atoms with Crippen LogP contribution in [-0.2, 0) is 14.3 Å². The predicted octanol–water partition coefficient (Wildman–Crippen LogP) is 3.85. The number of hydrogen-bond acceptors (Lipinski definition) is 7. The van der Waals surface area contributed by atoms with Gasteiger partial charge in [0.25, 0.3) is 17.7 Å². The number of hydrogen-bond donors (Lipinski definition) is 1. The van der Waals surface area contributed by atoms with Gasteiger partial charge in [-0.05, 0) is 89.3 Å². The van der Waals surface area contributed by atoms with Gasteiger partial charge in [-0.3, -0.25) is 14.4 Å². The third-order valence-electron chi connectivity index (χ3n) is 6.67. The van der Waals surface area contributed by atoms with Crippen LogP contribution in [0.25, 0.3) is 0 Å². The lowest BCUT2D eigenvalue weighted by Crippen LogP contribution is -2.44. The van der Waals surface area contributed by atoms with E-state index < -0.39 is 17.8 Å². The highest BCUT2D eigenvalue weighted by molar-refractivity contribution is 6.53. The zero-order chi connectivity index (χ0) is 27.6. The summed E-state index contributed by atoms with van der Waals surface area (Å²) in [6.45, 7) is 5.37. The number of nitrogens with one attached hydrogen (secondary N) is 1. The molecule has 0 radical (unpaired) electrons. The second-order valence-electron chi connectivity index (χ2n) is 9.79. The van der Waals surface area contributed by atoms with Crippen LogP contribution in [0.15, 0.2) is 59.3 Å². The Labute approximate surface area is 227 Å². The first kappa shape index (κ1) is 27.3. The molecule has 0 aromatic heterocycles. The third-order valence-corrected chi connectivity index (χ3v) is 7.02. The Hall–Kier alpha value is -3.69. The molecule has 1 saturated heterocycles. The van der Waals surface area contributed by atoms with E-state index in [2.05, 4.69) is 17.3 Å². The molecule has 0 spiro atoms. The first-order chi connectivity index (χ1) is 18.1. The number of piperidine rings is 1. The van der Waals surface area contributed by atoms with Gasteiger partial charge < -0.3 is 19.9 Å². The van der Waals surface area contributed by atoms with Gasteiger partial charge in [-0.15, -0.1) is 0 Å². The van der Waals surface area contributed by atoms with Crippen LogP contribution in [0.1, 0.15) is 47.4 Å². The smallest absolute Gasteiger partial charge is 0.338 e. The van der Waals surface area contributed by atoms with Gasteiger partial charge in [0.05, 0.1) is 17.4 Å². The van der Waals surface area contributed by atoms with E-state index in [4.69, 9.17) is 16.3 Å². The Balaban J connectivity index is 1.48. The molecule has 0 unspecified atom stereocenters. The van der Waals surface area contributed by atoms with Crippen LogP contribution in [0, 0.1) is 0 Å². The van der Waals surface area contributed by atoms with Crippen LogP contribution >= 0.6 is 11.6 Å². The fourth-order valence-corrected chi connectivity index (χ4v) is 4.71. The van der Waals surface area contributed by atoms with Crippen LogP contribution in [0.4, 0.5) is 11.4 Å². The number of imide groups is 1. The Bertz CT molecular complexity index is 1280. The van der Waals surface area contributed by atoms with Gasteiger partial charge in [-0.2, -0.15) is 0 Å². The number of anilines is 2. The van der Waals surface area contributed by atoms with E-state index in [0.29, 0.717) is 16.8 Å². The Morgan fingerprint density at radius 2 is 1.68 bits per heavy atom. The molecule has 1 fully saturated rings. The maximum absolute atomic E-state index is 13.2. The summed E-state index contributed by atoms with van der Waals surface area (Å²) in [7, 11) is 3.88. The molecule has 2 heterocycles. The maximum Gasteiger partial charge on any atom is 0.338 e. The minimum Gasteiger partial charge on any atom is -0.459 e. The van der Waals surface area contributed by atoms with Gasteiger partial charge >= 0.3 is 5.97 Å². The molecule has 2 aliphatic heterocycles. The Morgan fingerprint density at radius 3 is 2.32 bits per heavy atom. The monoisotopic (exact) mass is 538 g/mol. The van der Waals surface area contributed by atoms with Crippen LogP contribution in [-0.4, -0.2) is 72.8 Å². The topological polar surface area (TPSA) is 99.3 Å². The summed E-state index contributed by atoms with van der Waals surface area (Å²) in [5.41, 5.74) is 1.39. The average molecular weight is 539 g/mol. The minimum atomic E-state index is -0.689. The molecule has 10 heteroatoms. The van der Waals surface area contributed by atoms with Gasteiger partial charge in [0, 0.05) is 24.3 Å². The number of nitrogens with zero attached hydrogens (tertiary/aromatic N) is 3. The molecular weight excluding hydrogens is 508 g/mol. The molecule has 0 atom stereocenters. The van der Waals surface area contributed by atoms with E-state index in [-0.39, 0.29) is 34.5 Å². The van der Waals surface area contributed by atoms with Gasteiger partial charge in [-0.1, -0.05) is 17.7 Å². The second-order valence-corrected chi connectivity index (χ2v) is 10.2. The number of halogens is 1. The number of rotatable bonds is 7. The highest BCUT2D eigenvalue weighted by atomic mass is 35.5. The van der Waals surface area contributed by atoms with E-state index in [0.717, 1.165) is 30.8 Å². The molecule has 2 aliphatic rings. The number of esters is 1. The van der Waals surface area contributed by atoms with E-state index >= 15 is 0 Å². The second kappa shape index (κ2) is 11.4. The number of amides is 3. The summed E-state index contributed by atoms with van der Waals surface area (Å²) in [5.74, 6) is -1.95. The number of carbonyl (C=O) groups is 4. The number of benzene rings is 2. The summed E-state index contributed by atoms with van der Waals surface area (Å²) in [5, 5.41) is 2.66. The Morgan fingerprint density at radius 1 is 1.03 bits per heavy atom. The molecule has 38 heavy (non-hydrogen) atoms. The van der Waals surface area contributed by atoms with Gasteiger partial charge in [0.15, 0.2) is 0 Å². The van der Waals surface area contributed by atoms with Crippen molar-refractivity contribution in [1.82, 2.24) is 9.80 Å². The van der Waals surface area contributed by atoms with Gasteiger partial charge in [0.1, 0.15) is 10.7 Å². The first-order valence-electron chi connectivity index (χ1n) is 12.5. The lowest BCUT2D eigenvalue weighted by atomic mass is 10.0. The van der Waals surface area contributed by atoms with E-state index in [1.165, 1.54) is 24.3 Å². The summed E-state index contributed by atoms with van der Waals surface area (Å²) in [6.07, 6.45) is 1.54. The summed E-state index contributed by atoms with van der Waals surface area (Å²) in [4.78, 5) is 56.3. The number of likely N-dealkylation sites (tertiary alicyclic amines) is 1. The van der Waals surface area contributed by atoms with Crippen molar-refractivity contribution in [3.63, 3.8) is 0 Å². The molecule has 200 valence electrons. The normalized spacial score (nSPS) is 16.8. The van der Waals surface area contributed by atoms with Gasteiger partial charge in [0.2, 0.25) is 0 Å². The lowest BCUT2D eigenvalue weighted by molar-refractivity contribution is -0.120. The molecule has 1 N–H and O–H groups in total. The van der Waals surface area contributed by atoms with Crippen molar-refractivity contribution < 1.29 is 23.9 Å². The molecule has 0 bridgehead atoms. The Kier molecular flexibility index (Phi) is 8.18. The van der Waals surface area contributed by atoms with E-state index in [1.807, 2.05) is 7.05 Å². The molecule has 2 aromatic carbocycles. The molecule has 0 saturated carbocycles. The van der Waals surface area contributed by atoms with Crippen molar-refractivity contribution in [3.8, 4) is 0 Å². The zero-order valence-electron chi connectivity index (χ0n) is 21.9. The molecule has 2 aromatic rings. The molecular formula is C28H31ClN4O5. The lowest BCUT2D eigenvalue weighted by Gasteiger charge is -2.35. The van der Waals surface area contributed by atoms with Crippen LogP contribution < -0.4 is 10.2 Å². The van der Waals surface area contributed by atoms with Crippen molar-refractivity contribution in [1.29, 1.82) is 0 Å². The number of ether oxygens (including phenoxy) is 1. The van der Waals surface area contributed by atoms with Gasteiger partial charge in [-0.25, -0.2) is 9.69 Å². The number of carbonyl (C=O) groups excluding carboxylic acids is 4. The summed E-state index contributed by atoms with van der Waals surface area (Å²) < 4.78 is 5.17. The van der Waals surface area contributed by atoms with Crippen molar-refractivity contribution in [3.05, 3.63) is 70.4 Å². The maximum atomic E-state index is 13.2.